The van der Waals surface area contributed by atoms with Gasteiger partial charge in [-0.3, -0.25) is 0 Å². The molecule has 2 rings (SSSR count). The van der Waals surface area contributed by atoms with Crippen molar-refractivity contribution in [1.29, 1.82) is 0 Å². The van der Waals surface area contributed by atoms with Crippen LogP contribution in [-0.2, 0) is 11.9 Å². The summed E-state index contributed by atoms with van der Waals surface area (Å²) < 4.78 is 36.9. The standard InChI is InChI=1S/C10H8F3N3S2/c11-10(12,13)6-1-2-8(15-3-6)17-5-7-4-16-9(14)18-7/h1-4H,5H2,(H2,14,16). The molecule has 0 aliphatic carbocycles. The molecule has 0 aromatic carbocycles. The van der Waals surface area contributed by atoms with Crippen molar-refractivity contribution in [2.24, 2.45) is 0 Å². The lowest BCUT2D eigenvalue weighted by molar-refractivity contribution is -0.137. The number of rotatable bonds is 3. The number of hydrogen-bond donors (Lipinski definition) is 1. The van der Waals surface area contributed by atoms with Crippen molar-refractivity contribution >= 4 is 28.2 Å². The van der Waals surface area contributed by atoms with Crippen molar-refractivity contribution < 1.29 is 13.2 Å². The summed E-state index contributed by atoms with van der Waals surface area (Å²) in [5, 5.41) is 1.01. The van der Waals surface area contributed by atoms with Gasteiger partial charge in [-0.1, -0.05) is 0 Å². The maximum atomic E-state index is 12.3. The molecule has 0 aliphatic rings. The summed E-state index contributed by atoms with van der Waals surface area (Å²) in [6.45, 7) is 0. The Bertz CT molecular complexity index is 522. The second-order valence-corrected chi connectivity index (χ2v) is 5.48. The summed E-state index contributed by atoms with van der Waals surface area (Å²) in [5.74, 6) is 0.591. The highest BCUT2D eigenvalue weighted by Crippen LogP contribution is 2.30. The van der Waals surface area contributed by atoms with Gasteiger partial charge >= 0.3 is 6.18 Å². The second-order valence-electron chi connectivity index (χ2n) is 3.34. The van der Waals surface area contributed by atoms with Crippen molar-refractivity contribution in [2.45, 2.75) is 17.0 Å². The average molecular weight is 291 g/mol. The third kappa shape index (κ3) is 3.36. The van der Waals surface area contributed by atoms with Crippen LogP contribution in [0.5, 0.6) is 0 Å². The number of thioether (sulfide) groups is 1. The minimum absolute atomic E-state index is 0.478. The lowest BCUT2D eigenvalue weighted by Crippen LogP contribution is -2.05. The van der Waals surface area contributed by atoms with Crippen LogP contribution in [0.2, 0.25) is 0 Å². The molecule has 2 aromatic rings. The molecule has 0 bridgehead atoms. The third-order valence-electron chi connectivity index (χ3n) is 2.00. The number of anilines is 1. The van der Waals surface area contributed by atoms with E-state index in [-0.39, 0.29) is 0 Å². The third-order valence-corrected chi connectivity index (χ3v) is 4.00. The zero-order valence-corrected chi connectivity index (χ0v) is 10.6. The molecule has 8 heteroatoms. The topological polar surface area (TPSA) is 51.8 Å². The van der Waals surface area contributed by atoms with Crippen molar-refractivity contribution in [3.63, 3.8) is 0 Å². The Kier molecular flexibility index (Phi) is 3.76. The summed E-state index contributed by atoms with van der Waals surface area (Å²) in [7, 11) is 0. The first kappa shape index (κ1) is 13.2. The van der Waals surface area contributed by atoms with Crippen LogP contribution >= 0.6 is 23.1 Å². The van der Waals surface area contributed by atoms with Crippen LogP contribution in [-0.4, -0.2) is 9.97 Å². The number of halogens is 3. The maximum Gasteiger partial charge on any atom is 0.417 e. The molecule has 2 heterocycles. The average Bonchev–Trinajstić information content (AvgIpc) is 2.72. The molecule has 0 radical (unpaired) electrons. The number of nitrogens with zero attached hydrogens (tertiary/aromatic N) is 2. The molecule has 0 aliphatic heterocycles. The summed E-state index contributed by atoms with van der Waals surface area (Å²) in [6, 6.07) is 2.38. The number of nitrogens with two attached hydrogens (primary N) is 1. The van der Waals surface area contributed by atoms with Crippen LogP contribution < -0.4 is 5.73 Å². The van der Waals surface area contributed by atoms with E-state index in [1.807, 2.05) is 0 Å². The van der Waals surface area contributed by atoms with Gasteiger partial charge in [0.2, 0.25) is 0 Å². The molecule has 3 nitrogen and oxygen atoms in total. The van der Waals surface area contributed by atoms with Crippen LogP contribution in [0.25, 0.3) is 0 Å². The molecule has 0 unspecified atom stereocenters. The molecule has 0 fully saturated rings. The molecule has 2 N–H and O–H groups in total. The smallest absolute Gasteiger partial charge is 0.375 e. The molecule has 0 atom stereocenters. The Labute approximate surface area is 109 Å². The first-order chi connectivity index (χ1) is 8.45. The van der Waals surface area contributed by atoms with Crippen molar-refractivity contribution in [1.82, 2.24) is 9.97 Å². The predicted molar refractivity (Wildman–Crippen MR) is 65.3 cm³/mol. The first-order valence-corrected chi connectivity index (χ1v) is 6.61. The van der Waals surface area contributed by atoms with E-state index in [4.69, 9.17) is 5.73 Å². The lowest BCUT2D eigenvalue weighted by Gasteiger charge is -2.06. The maximum absolute atomic E-state index is 12.3. The van der Waals surface area contributed by atoms with E-state index in [0.717, 1.165) is 17.1 Å². The fourth-order valence-corrected chi connectivity index (χ4v) is 2.72. The summed E-state index contributed by atoms with van der Waals surface area (Å²) in [4.78, 5) is 8.61. The Balaban J connectivity index is 1.98. The number of aromatic nitrogens is 2. The van der Waals surface area contributed by atoms with Crippen molar-refractivity contribution in [3.05, 3.63) is 35.0 Å². The molecular formula is C10H8F3N3S2. The van der Waals surface area contributed by atoms with Gasteiger partial charge in [0, 0.05) is 23.0 Å². The van der Waals surface area contributed by atoms with Gasteiger partial charge in [-0.05, 0) is 12.1 Å². The van der Waals surface area contributed by atoms with Gasteiger partial charge in [0.1, 0.15) is 0 Å². The summed E-state index contributed by atoms with van der Waals surface area (Å²) in [6.07, 6.45) is -1.86. The van der Waals surface area contributed by atoms with Crippen molar-refractivity contribution in [2.75, 3.05) is 5.73 Å². The highest BCUT2D eigenvalue weighted by Gasteiger charge is 2.30. The van der Waals surface area contributed by atoms with E-state index in [2.05, 4.69) is 9.97 Å². The fraction of sp³-hybridized carbons (Fsp3) is 0.200. The van der Waals surface area contributed by atoms with Gasteiger partial charge in [-0.15, -0.1) is 23.1 Å². The van der Waals surface area contributed by atoms with E-state index in [9.17, 15) is 13.2 Å². The second kappa shape index (κ2) is 5.15. The first-order valence-electron chi connectivity index (χ1n) is 4.81. The zero-order chi connectivity index (χ0) is 13.2. The van der Waals surface area contributed by atoms with Gasteiger partial charge in [0.15, 0.2) is 5.13 Å². The van der Waals surface area contributed by atoms with Crippen LogP contribution in [0.4, 0.5) is 18.3 Å². The molecular weight excluding hydrogens is 283 g/mol. The van der Waals surface area contributed by atoms with Crippen LogP contribution in [0, 0.1) is 0 Å². The van der Waals surface area contributed by atoms with Crippen LogP contribution in [0.15, 0.2) is 29.6 Å². The molecule has 0 saturated carbocycles. The fourth-order valence-electron chi connectivity index (χ4n) is 1.17. The van der Waals surface area contributed by atoms with Gasteiger partial charge < -0.3 is 5.73 Å². The monoisotopic (exact) mass is 291 g/mol. The molecule has 18 heavy (non-hydrogen) atoms. The van der Waals surface area contributed by atoms with Crippen LogP contribution in [0.3, 0.4) is 0 Å². The Morgan fingerprint density at radius 2 is 2.00 bits per heavy atom. The van der Waals surface area contributed by atoms with E-state index in [1.165, 1.54) is 29.2 Å². The number of pyridine rings is 1. The van der Waals surface area contributed by atoms with Gasteiger partial charge in [0.05, 0.1) is 10.6 Å². The minimum Gasteiger partial charge on any atom is -0.375 e. The highest BCUT2D eigenvalue weighted by atomic mass is 32.2. The number of nitrogen functional groups attached to an aromatic ring is 1. The SMILES string of the molecule is Nc1ncc(CSc2ccc(C(F)(F)F)cn2)s1. The largest absolute Gasteiger partial charge is 0.417 e. The zero-order valence-electron chi connectivity index (χ0n) is 8.94. The normalized spacial score (nSPS) is 11.7. The molecule has 0 spiro atoms. The molecule has 0 amide bonds. The molecule has 0 saturated heterocycles. The Morgan fingerprint density at radius 1 is 1.22 bits per heavy atom. The van der Waals surface area contributed by atoms with Crippen LogP contribution in [0.1, 0.15) is 10.4 Å². The molecule has 96 valence electrons. The van der Waals surface area contributed by atoms with Gasteiger partial charge in [0.25, 0.3) is 0 Å². The lowest BCUT2D eigenvalue weighted by atomic mass is 10.3. The molecule has 2 aromatic heterocycles. The Morgan fingerprint density at radius 3 is 2.50 bits per heavy atom. The minimum atomic E-state index is -4.34. The van der Waals surface area contributed by atoms with E-state index >= 15 is 0 Å². The van der Waals surface area contributed by atoms with E-state index < -0.39 is 11.7 Å². The Hall–Kier alpha value is -1.28. The predicted octanol–water partition coefficient (Wildman–Crippen LogP) is 3.43. The van der Waals surface area contributed by atoms with E-state index in [0.29, 0.717) is 15.9 Å². The van der Waals surface area contributed by atoms with Crippen molar-refractivity contribution in [3.8, 4) is 0 Å². The van der Waals surface area contributed by atoms with Gasteiger partial charge in [-0.25, -0.2) is 9.97 Å². The quantitative estimate of drug-likeness (QED) is 0.880. The number of alkyl halides is 3. The van der Waals surface area contributed by atoms with E-state index in [1.54, 1.807) is 6.20 Å². The summed E-state index contributed by atoms with van der Waals surface area (Å²) >= 11 is 2.70. The van der Waals surface area contributed by atoms with Gasteiger partial charge in [-0.2, -0.15) is 13.2 Å². The highest BCUT2D eigenvalue weighted by molar-refractivity contribution is 7.98. The summed E-state index contributed by atoms with van der Waals surface area (Å²) in [5.41, 5.74) is 4.73. The number of thiazole rings is 1. The number of hydrogen-bond acceptors (Lipinski definition) is 5.